The Hall–Kier alpha value is -0.920. The van der Waals surface area contributed by atoms with Gasteiger partial charge in [-0.3, -0.25) is 4.79 Å². The van der Waals surface area contributed by atoms with Crippen molar-refractivity contribution in [1.29, 1.82) is 0 Å². The second-order valence-corrected chi connectivity index (χ2v) is 5.57. The first kappa shape index (κ1) is 11.2. The van der Waals surface area contributed by atoms with Crippen LogP contribution in [0.2, 0.25) is 0 Å². The van der Waals surface area contributed by atoms with Gasteiger partial charge in [0, 0.05) is 11.9 Å². The minimum atomic E-state index is -3.64. The molecule has 0 aliphatic rings. The van der Waals surface area contributed by atoms with Crippen LogP contribution in [-0.4, -0.2) is 21.4 Å². The Morgan fingerprint density at radius 1 is 1.57 bits per heavy atom. The van der Waals surface area contributed by atoms with Gasteiger partial charge < -0.3 is 5.32 Å². The fourth-order valence-corrected chi connectivity index (χ4v) is 2.63. The van der Waals surface area contributed by atoms with Crippen molar-refractivity contribution >= 4 is 27.3 Å². The van der Waals surface area contributed by atoms with Crippen molar-refractivity contribution in [2.75, 3.05) is 7.05 Å². The summed E-state index contributed by atoms with van der Waals surface area (Å²) in [6.07, 6.45) is 0.177. The third-order valence-corrected chi connectivity index (χ3v) is 4.05. The van der Waals surface area contributed by atoms with Crippen molar-refractivity contribution in [3.05, 3.63) is 17.0 Å². The van der Waals surface area contributed by atoms with Crippen molar-refractivity contribution in [3.63, 3.8) is 0 Å². The smallest absolute Gasteiger partial charge is 0.247 e. The maximum Gasteiger partial charge on any atom is 0.247 e. The topological polar surface area (TPSA) is 89.3 Å². The van der Waals surface area contributed by atoms with Crippen molar-refractivity contribution in [2.45, 2.75) is 10.6 Å². The Morgan fingerprint density at radius 2 is 2.21 bits per heavy atom. The molecule has 5 nitrogen and oxygen atoms in total. The molecule has 1 amide bonds. The average molecular weight is 234 g/mol. The van der Waals surface area contributed by atoms with Crippen LogP contribution in [0.4, 0.5) is 0 Å². The summed E-state index contributed by atoms with van der Waals surface area (Å²) in [6.45, 7) is 0. The Morgan fingerprint density at radius 3 is 2.64 bits per heavy atom. The van der Waals surface area contributed by atoms with Gasteiger partial charge in [-0.25, -0.2) is 13.6 Å². The number of carbonyl (C=O) groups excluding carboxylic acids is 1. The van der Waals surface area contributed by atoms with E-state index in [0.717, 1.165) is 11.3 Å². The fraction of sp³-hybridized carbons (Fsp3) is 0.286. The van der Waals surface area contributed by atoms with Crippen LogP contribution in [0.5, 0.6) is 0 Å². The first-order chi connectivity index (χ1) is 6.43. The number of amides is 1. The molecule has 1 heterocycles. The van der Waals surface area contributed by atoms with Gasteiger partial charge in [0.1, 0.15) is 4.21 Å². The van der Waals surface area contributed by atoms with E-state index in [4.69, 9.17) is 5.14 Å². The maximum atomic E-state index is 11.0. The molecule has 14 heavy (non-hydrogen) atoms. The summed E-state index contributed by atoms with van der Waals surface area (Å²) in [6, 6.07) is 2.98. The lowest BCUT2D eigenvalue weighted by atomic mass is 10.3. The Bertz CT molecular complexity index is 436. The number of likely N-dealkylation sites (N-methyl/N-ethyl adjacent to an activating group) is 1. The van der Waals surface area contributed by atoms with E-state index < -0.39 is 10.0 Å². The second-order valence-electron chi connectivity index (χ2n) is 2.62. The van der Waals surface area contributed by atoms with E-state index in [2.05, 4.69) is 5.32 Å². The summed E-state index contributed by atoms with van der Waals surface area (Å²) in [5.74, 6) is -0.159. The van der Waals surface area contributed by atoms with E-state index in [1.165, 1.54) is 13.1 Å². The van der Waals surface area contributed by atoms with Crippen molar-refractivity contribution in [2.24, 2.45) is 5.14 Å². The number of primary sulfonamides is 1. The predicted octanol–water partition coefficient (Wildman–Crippen LogP) is -0.316. The highest BCUT2D eigenvalue weighted by molar-refractivity contribution is 7.91. The third kappa shape index (κ3) is 2.79. The first-order valence-electron chi connectivity index (χ1n) is 3.75. The first-order valence-corrected chi connectivity index (χ1v) is 6.12. The summed E-state index contributed by atoms with van der Waals surface area (Å²) in [5, 5.41) is 7.36. The van der Waals surface area contributed by atoms with Crippen LogP contribution in [0.1, 0.15) is 4.88 Å². The van der Waals surface area contributed by atoms with Crippen molar-refractivity contribution in [1.82, 2.24) is 5.32 Å². The number of carbonyl (C=O) groups is 1. The quantitative estimate of drug-likeness (QED) is 0.751. The Balaban J connectivity index is 2.84. The molecule has 0 aliphatic carbocycles. The van der Waals surface area contributed by atoms with Gasteiger partial charge in [0.05, 0.1) is 6.42 Å². The number of nitrogens with two attached hydrogens (primary N) is 1. The monoisotopic (exact) mass is 234 g/mol. The van der Waals surface area contributed by atoms with Gasteiger partial charge in [0.25, 0.3) is 0 Å². The van der Waals surface area contributed by atoms with Crippen LogP contribution in [-0.2, 0) is 21.2 Å². The lowest BCUT2D eigenvalue weighted by molar-refractivity contribution is -0.119. The van der Waals surface area contributed by atoms with Crippen LogP contribution < -0.4 is 10.5 Å². The molecule has 78 valence electrons. The second kappa shape index (κ2) is 4.07. The lowest BCUT2D eigenvalue weighted by Crippen LogP contribution is -2.19. The number of sulfonamides is 1. The van der Waals surface area contributed by atoms with Crippen LogP contribution in [0.25, 0.3) is 0 Å². The van der Waals surface area contributed by atoms with E-state index in [0.29, 0.717) is 4.88 Å². The maximum absolute atomic E-state index is 11.0. The largest absolute Gasteiger partial charge is 0.359 e. The van der Waals surface area contributed by atoms with Gasteiger partial charge in [-0.15, -0.1) is 11.3 Å². The summed E-state index contributed by atoms with van der Waals surface area (Å²) >= 11 is 1.01. The highest BCUT2D eigenvalue weighted by Crippen LogP contribution is 2.20. The number of rotatable bonds is 3. The van der Waals surface area contributed by atoms with Gasteiger partial charge in [-0.2, -0.15) is 0 Å². The molecule has 7 heteroatoms. The predicted molar refractivity (Wildman–Crippen MR) is 53.5 cm³/mol. The third-order valence-electron chi connectivity index (χ3n) is 1.53. The zero-order valence-corrected chi connectivity index (χ0v) is 9.11. The van der Waals surface area contributed by atoms with Gasteiger partial charge in [-0.05, 0) is 12.1 Å². The van der Waals surface area contributed by atoms with Crippen LogP contribution in [0.15, 0.2) is 16.3 Å². The molecule has 0 atom stereocenters. The summed E-state index contributed by atoms with van der Waals surface area (Å²) in [5.41, 5.74) is 0. The zero-order valence-electron chi connectivity index (χ0n) is 7.48. The molecule has 0 bridgehead atoms. The molecule has 1 aromatic heterocycles. The van der Waals surface area contributed by atoms with E-state index in [9.17, 15) is 13.2 Å². The molecule has 1 rings (SSSR count). The molecule has 0 unspecified atom stereocenters. The minimum Gasteiger partial charge on any atom is -0.359 e. The number of hydrogen-bond donors (Lipinski definition) is 2. The Labute approximate surface area is 86.0 Å². The Kier molecular flexibility index (Phi) is 3.25. The highest BCUT2D eigenvalue weighted by atomic mass is 32.2. The molecule has 0 radical (unpaired) electrons. The van der Waals surface area contributed by atoms with Gasteiger partial charge in [-0.1, -0.05) is 0 Å². The summed E-state index contributed by atoms with van der Waals surface area (Å²) in [7, 11) is -2.11. The van der Waals surface area contributed by atoms with Crippen molar-refractivity contribution < 1.29 is 13.2 Å². The van der Waals surface area contributed by atoms with Gasteiger partial charge >= 0.3 is 0 Å². The summed E-state index contributed by atoms with van der Waals surface area (Å²) < 4.78 is 21.9. The highest BCUT2D eigenvalue weighted by Gasteiger charge is 2.12. The van der Waals surface area contributed by atoms with Crippen LogP contribution >= 0.6 is 11.3 Å². The molecule has 0 saturated carbocycles. The molecule has 1 aromatic rings. The zero-order chi connectivity index (χ0) is 10.8. The number of thiophene rings is 1. The SMILES string of the molecule is CNC(=O)Cc1ccc(S(N)(=O)=O)s1. The normalized spacial score (nSPS) is 11.3. The molecule has 0 fully saturated rings. The lowest BCUT2D eigenvalue weighted by Gasteiger charge is -1.94. The van der Waals surface area contributed by atoms with E-state index in [1.54, 1.807) is 6.07 Å². The standard InChI is InChI=1S/C7H10N2O3S2/c1-9-6(10)4-5-2-3-7(13-5)14(8,11)12/h2-3H,4H2,1H3,(H,9,10)(H2,8,11,12). The minimum absolute atomic E-state index is 0.0800. The number of nitrogens with one attached hydrogen (secondary N) is 1. The van der Waals surface area contributed by atoms with E-state index in [1.807, 2.05) is 0 Å². The number of hydrogen-bond acceptors (Lipinski definition) is 4. The van der Waals surface area contributed by atoms with Gasteiger partial charge in [0.15, 0.2) is 0 Å². The van der Waals surface area contributed by atoms with Crippen LogP contribution in [0, 0.1) is 0 Å². The van der Waals surface area contributed by atoms with Crippen LogP contribution in [0.3, 0.4) is 0 Å². The van der Waals surface area contributed by atoms with Gasteiger partial charge in [0.2, 0.25) is 15.9 Å². The summed E-state index contributed by atoms with van der Waals surface area (Å²) in [4.78, 5) is 11.6. The molecule has 0 spiro atoms. The van der Waals surface area contributed by atoms with E-state index >= 15 is 0 Å². The molecular weight excluding hydrogens is 224 g/mol. The van der Waals surface area contributed by atoms with E-state index in [-0.39, 0.29) is 16.5 Å². The molecule has 0 aromatic carbocycles. The average Bonchev–Trinajstić information content (AvgIpc) is 2.51. The molecule has 0 aliphatic heterocycles. The molecule has 3 N–H and O–H groups in total. The molecule has 0 saturated heterocycles. The fourth-order valence-electron chi connectivity index (χ4n) is 0.853. The van der Waals surface area contributed by atoms with Crippen molar-refractivity contribution in [3.8, 4) is 0 Å². The molecular formula is C7H10N2O3S2.